The summed E-state index contributed by atoms with van der Waals surface area (Å²) in [6, 6.07) is 18.1. The topological polar surface area (TPSA) is 71.3 Å². The third-order valence-corrected chi connectivity index (χ3v) is 4.82. The molecule has 7 heteroatoms. The molecule has 0 heterocycles. The molecule has 1 amide bonds. The Morgan fingerprint density at radius 1 is 1.16 bits per heavy atom. The van der Waals surface area contributed by atoms with Crippen molar-refractivity contribution in [3.05, 3.63) is 93.8 Å². The highest BCUT2D eigenvalue weighted by Crippen LogP contribution is 2.30. The third kappa shape index (κ3) is 5.87. The Hall–Kier alpha value is -3.82. The van der Waals surface area contributed by atoms with Gasteiger partial charge in [-0.25, -0.2) is 4.39 Å². The van der Waals surface area contributed by atoms with Crippen LogP contribution in [0.4, 0.5) is 10.1 Å². The van der Waals surface area contributed by atoms with E-state index in [1.54, 1.807) is 48.5 Å². The third-order valence-electron chi connectivity index (χ3n) is 4.58. The van der Waals surface area contributed by atoms with Crippen LogP contribution in [0.2, 0.25) is 5.02 Å². The van der Waals surface area contributed by atoms with Gasteiger partial charge in [0, 0.05) is 10.7 Å². The predicted octanol–water partition coefficient (Wildman–Crippen LogP) is 5.92. The normalized spacial score (nSPS) is 10.9. The van der Waals surface area contributed by atoms with Gasteiger partial charge < -0.3 is 14.8 Å². The summed E-state index contributed by atoms with van der Waals surface area (Å²) in [5.74, 6) is -0.00645. The number of methoxy groups -OCH3 is 1. The second kappa shape index (κ2) is 10.5. The summed E-state index contributed by atoms with van der Waals surface area (Å²) in [6.45, 7) is 1.97. The van der Waals surface area contributed by atoms with E-state index in [2.05, 4.69) is 5.32 Å². The average Bonchev–Trinajstić information content (AvgIpc) is 2.78. The number of rotatable bonds is 7. The maximum atomic E-state index is 13.3. The molecule has 5 nitrogen and oxygen atoms in total. The lowest BCUT2D eigenvalue weighted by Crippen LogP contribution is -2.14. The molecule has 0 saturated carbocycles. The molecule has 0 aliphatic carbocycles. The van der Waals surface area contributed by atoms with E-state index in [1.165, 1.54) is 25.3 Å². The number of carbonyl (C=O) groups excluding carboxylic acids is 1. The molecule has 3 aromatic rings. The summed E-state index contributed by atoms with van der Waals surface area (Å²) in [7, 11) is 1.49. The van der Waals surface area contributed by atoms with Gasteiger partial charge in [-0.3, -0.25) is 4.79 Å². The molecule has 0 bridgehead atoms. The van der Waals surface area contributed by atoms with Crippen molar-refractivity contribution in [2.75, 3.05) is 12.4 Å². The summed E-state index contributed by atoms with van der Waals surface area (Å²) in [5, 5.41) is 12.8. The molecule has 32 heavy (non-hydrogen) atoms. The Kier molecular flexibility index (Phi) is 7.48. The van der Waals surface area contributed by atoms with Gasteiger partial charge in [0.05, 0.1) is 7.11 Å². The van der Waals surface area contributed by atoms with Crippen molar-refractivity contribution in [3.8, 4) is 17.6 Å². The minimum absolute atomic E-state index is 0.0742. The number of nitrogens with one attached hydrogen (secondary N) is 1. The fraction of sp³-hybridized carbons (Fsp3) is 0.120. The molecule has 1 N–H and O–H groups in total. The van der Waals surface area contributed by atoms with Crippen LogP contribution in [-0.4, -0.2) is 13.0 Å². The molecule has 0 unspecified atom stereocenters. The smallest absolute Gasteiger partial charge is 0.266 e. The Labute approximate surface area is 190 Å². The first-order chi connectivity index (χ1) is 15.4. The second-order valence-electron chi connectivity index (χ2n) is 6.91. The van der Waals surface area contributed by atoms with Crippen LogP contribution in [0.15, 0.2) is 66.2 Å². The molecule has 0 aromatic heterocycles. The summed E-state index contributed by atoms with van der Waals surface area (Å²) in [6.07, 6.45) is 1.46. The Morgan fingerprint density at radius 2 is 1.97 bits per heavy atom. The zero-order valence-electron chi connectivity index (χ0n) is 17.5. The monoisotopic (exact) mass is 450 g/mol. The molecule has 0 atom stereocenters. The average molecular weight is 451 g/mol. The van der Waals surface area contributed by atoms with Gasteiger partial charge in [-0.15, -0.1) is 0 Å². The summed E-state index contributed by atoms with van der Waals surface area (Å²) >= 11 is 5.94. The SMILES string of the molecule is COc1cc(/C=C(\C#N)C(=O)Nc2ccc(Cl)cc2C)ccc1OCc1cccc(F)c1. The van der Waals surface area contributed by atoms with Crippen molar-refractivity contribution in [3.63, 3.8) is 0 Å². The Balaban J connectivity index is 1.76. The standard InChI is InChI=1S/C25H20ClFN2O3/c1-16-10-20(26)7-8-22(16)29-25(30)19(14-28)11-17-6-9-23(24(13-17)31-2)32-15-18-4-3-5-21(27)12-18/h3-13H,15H2,1-2H3,(H,29,30)/b19-11+. The van der Waals surface area contributed by atoms with Gasteiger partial charge in [-0.2, -0.15) is 5.26 Å². The van der Waals surface area contributed by atoms with E-state index in [9.17, 15) is 14.4 Å². The van der Waals surface area contributed by atoms with E-state index < -0.39 is 5.91 Å². The highest BCUT2D eigenvalue weighted by molar-refractivity contribution is 6.30. The number of nitriles is 1. The van der Waals surface area contributed by atoms with E-state index in [0.29, 0.717) is 33.3 Å². The second-order valence-corrected chi connectivity index (χ2v) is 7.35. The van der Waals surface area contributed by atoms with Crippen molar-refractivity contribution in [2.45, 2.75) is 13.5 Å². The quantitative estimate of drug-likeness (QED) is 0.358. The van der Waals surface area contributed by atoms with Crippen molar-refractivity contribution < 1.29 is 18.7 Å². The molecule has 0 spiro atoms. The van der Waals surface area contributed by atoms with Gasteiger partial charge >= 0.3 is 0 Å². The minimum atomic E-state index is -0.539. The van der Waals surface area contributed by atoms with E-state index >= 15 is 0 Å². The lowest BCUT2D eigenvalue weighted by Gasteiger charge is -2.12. The molecule has 0 saturated heterocycles. The zero-order valence-corrected chi connectivity index (χ0v) is 18.2. The number of ether oxygens (including phenoxy) is 2. The summed E-state index contributed by atoms with van der Waals surface area (Å²) in [4.78, 5) is 12.6. The van der Waals surface area contributed by atoms with E-state index in [0.717, 1.165) is 5.56 Å². The van der Waals surface area contributed by atoms with Gasteiger partial charge in [0.25, 0.3) is 5.91 Å². The minimum Gasteiger partial charge on any atom is -0.493 e. The fourth-order valence-corrected chi connectivity index (χ4v) is 3.18. The van der Waals surface area contributed by atoms with Crippen LogP contribution in [0.5, 0.6) is 11.5 Å². The lowest BCUT2D eigenvalue weighted by molar-refractivity contribution is -0.112. The molecule has 3 aromatic carbocycles. The maximum absolute atomic E-state index is 13.3. The van der Waals surface area contributed by atoms with Gasteiger partial charge in [0.15, 0.2) is 11.5 Å². The van der Waals surface area contributed by atoms with Gasteiger partial charge in [-0.1, -0.05) is 29.8 Å². The van der Waals surface area contributed by atoms with Gasteiger partial charge in [0.2, 0.25) is 0 Å². The molecule has 0 aliphatic rings. The van der Waals surface area contributed by atoms with E-state index in [-0.39, 0.29) is 18.0 Å². The van der Waals surface area contributed by atoms with Crippen molar-refractivity contribution in [2.24, 2.45) is 0 Å². The number of benzene rings is 3. The van der Waals surface area contributed by atoms with Crippen LogP contribution < -0.4 is 14.8 Å². The van der Waals surface area contributed by atoms with E-state index in [1.807, 2.05) is 13.0 Å². The van der Waals surface area contributed by atoms with E-state index in [4.69, 9.17) is 21.1 Å². The zero-order chi connectivity index (χ0) is 23.1. The number of halogens is 2. The number of hydrogen-bond acceptors (Lipinski definition) is 4. The highest BCUT2D eigenvalue weighted by Gasteiger charge is 2.12. The van der Waals surface area contributed by atoms with Crippen molar-refractivity contribution >= 4 is 29.3 Å². The van der Waals surface area contributed by atoms with Gasteiger partial charge in [-0.05, 0) is 72.2 Å². The predicted molar refractivity (Wildman–Crippen MR) is 122 cm³/mol. The van der Waals surface area contributed by atoms with Crippen molar-refractivity contribution in [1.29, 1.82) is 5.26 Å². The molecular formula is C25H20ClFN2O3. The highest BCUT2D eigenvalue weighted by atomic mass is 35.5. The lowest BCUT2D eigenvalue weighted by atomic mass is 10.1. The summed E-state index contributed by atoms with van der Waals surface area (Å²) < 4.78 is 24.4. The molecular weight excluding hydrogens is 431 g/mol. The van der Waals surface area contributed by atoms with Gasteiger partial charge in [0.1, 0.15) is 24.1 Å². The van der Waals surface area contributed by atoms with Crippen molar-refractivity contribution in [1.82, 2.24) is 0 Å². The van der Waals surface area contributed by atoms with Crippen LogP contribution in [0.3, 0.4) is 0 Å². The molecule has 162 valence electrons. The van der Waals surface area contributed by atoms with Crippen LogP contribution in [-0.2, 0) is 11.4 Å². The Bertz CT molecular complexity index is 1220. The number of anilines is 1. The van der Waals surface area contributed by atoms with Crippen LogP contribution in [0.1, 0.15) is 16.7 Å². The van der Waals surface area contributed by atoms with Crippen LogP contribution in [0, 0.1) is 24.1 Å². The fourth-order valence-electron chi connectivity index (χ4n) is 2.95. The maximum Gasteiger partial charge on any atom is 0.266 e. The molecule has 0 fully saturated rings. The van der Waals surface area contributed by atoms with Crippen LogP contribution >= 0.6 is 11.6 Å². The largest absolute Gasteiger partial charge is 0.493 e. The number of nitrogens with zero attached hydrogens (tertiary/aromatic N) is 1. The Morgan fingerprint density at radius 3 is 2.66 bits per heavy atom. The number of carbonyl (C=O) groups is 1. The molecule has 0 radical (unpaired) electrons. The first-order valence-corrected chi connectivity index (χ1v) is 10.0. The molecule has 3 rings (SSSR count). The first kappa shape index (κ1) is 22.9. The first-order valence-electron chi connectivity index (χ1n) is 9.64. The summed E-state index contributed by atoms with van der Waals surface area (Å²) in [5.41, 5.74) is 2.54. The number of amides is 1. The molecule has 0 aliphatic heterocycles. The number of hydrogen-bond donors (Lipinski definition) is 1. The number of aryl methyl sites for hydroxylation is 1. The van der Waals surface area contributed by atoms with Crippen LogP contribution in [0.25, 0.3) is 6.08 Å².